The second-order valence-electron chi connectivity index (χ2n) is 11.5. The summed E-state index contributed by atoms with van der Waals surface area (Å²) in [5.74, 6) is -2.31. The smallest absolute Gasteiger partial charge is 0.382 e. The quantitative estimate of drug-likeness (QED) is 0.0515. The van der Waals surface area contributed by atoms with Gasteiger partial charge in [-0.2, -0.15) is 48.6 Å². The second kappa shape index (κ2) is 17.6. The average molecular weight is 965 g/mol. The first-order chi connectivity index (χ1) is 28.2. The molecule has 2 aromatic heterocycles. The molecular weight excluding hydrogens is 940 g/mol. The summed E-state index contributed by atoms with van der Waals surface area (Å²) in [6.07, 6.45) is 0. The van der Waals surface area contributed by atoms with Crippen molar-refractivity contribution >= 4 is 120 Å². The third-order valence-electron chi connectivity index (χ3n) is 7.21. The highest BCUT2D eigenvalue weighted by atomic mass is 35.5. The van der Waals surface area contributed by atoms with Crippen LogP contribution in [0.1, 0.15) is 0 Å². The average Bonchev–Trinajstić information content (AvgIpc) is 3.12. The number of hydrogen-bond donors (Lipinski definition) is 8. The van der Waals surface area contributed by atoms with Crippen LogP contribution in [0.5, 0.6) is 0 Å². The zero-order valence-corrected chi connectivity index (χ0v) is 34.5. The molecule has 27 nitrogen and oxygen atoms in total. The lowest BCUT2D eigenvalue weighted by atomic mass is 10.3. The standard InChI is InChI=1S/C28H25ClN12O15S5/c29-26-35-27(32-14-2-1-3-17(10-14)58(44,45)46)37-28(36-26)33-15-4-7-22(59(47,48)49)19(11-15)39-41-21-13-20(24(30)34-25(21)31)40-38-18-6-5-16(12-23(18)60(50,51)52)57(42,43)9-8-56-61(53,54)55/h1-7,10-13H,8-9H2,(H4,30,31,34)(H,44,45,46)(H,47,48,49)(H,50,51,52)(H,53,54,55)(H2,32,33,35,36,37)/b40-38+,41-39+. The van der Waals surface area contributed by atoms with Crippen LogP contribution in [0.2, 0.25) is 5.28 Å². The number of aromatic nitrogens is 4. The highest BCUT2D eigenvalue weighted by molar-refractivity contribution is 7.91. The summed E-state index contributed by atoms with van der Waals surface area (Å²) in [6.45, 7) is -1.04. The molecule has 5 aromatic rings. The predicted molar refractivity (Wildman–Crippen MR) is 211 cm³/mol. The second-order valence-corrected chi connectivity index (χ2v) is 19.3. The van der Waals surface area contributed by atoms with Crippen molar-refractivity contribution in [2.45, 2.75) is 19.6 Å². The van der Waals surface area contributed by atoms with E-state index in [1.165, 1.54) is 18.2 Å². The van der Waals surface area contributed by atoms with E-state index in [9.17, 15) is 55.7 Å². The number of benzene rings is 3. The van der Waals surface area contributed by atoms with Crippen LogP contribution < -0.4 is 22.1 Å². The molecule has 0 saturated carbocycles. The Morgan fingerprint density at radius 2 is 1.13 bits per heavy atom. The van der Waals surface area contributed by atoms with Crippen LogP contribution in [0.25, 0.3) is 0 Å². The molecule has 0 aliphatic heterocycles. The Labute approximate surface area is 349 Å². The van der Waals surface area contributed by atoms with Crippen LogP contribution in [0.4, 0.5) is 57.7 Å². The molecule has 0 bridgehead atoms. The first kappa shape index (κ1) is 46.1. The number of halogens is 1. The summed E-state index contributed by atoms with van der Waals surface area (Å²) < 4.78 is 160. The van der Waals surface area contributed by atoms with Crippen LogP contribution in [-0.2, 0) is 54.8 Å². The molecule has 0 unspecified atom stereocenters. The van der Waals surface area contributed by atoms with Crippen molar-refractivity contribution < 1.29 is 64.5 Å². The van der Waals surface area contributed by atoms with Crippen molar-refractivity contribution in [1.82, 2.24) is 19.9 Å². The van der Waals surface area contributed by atoms with Gasteiger partial charge in [-0.15, -0.1) is 20.5 Å². The number of nitrogens with one attached hydrogen (secondary N) is 2. The lowest BCUT2D eigenvalue weighted by Gasteiger charge is -2.10. The molecule has 33 heteroatoms. The van der Waals surface area contributed by atoms with E-state index >= 15 is 0 Å². The van der Waals surface area contributed by atoms with Gasteiger partial charge in [0.2, 0.25) is 17.2 Å². The fourth-order valence-corrected chi connectivity index (χ4v) is 8.11. The molecule has 3 aromatic carbocycles. The molecule has 10 N–H and O–H groups in total. The molecule has 0 atom stereocenters. The molecular formula is C28H25ClN12O15S5. The topological polar surface area (TPSA) is 438 Å². The van der Waals surface area contributed by atoms with Gasteiger partial charge >= 0.3 is 10.4 Å². The number of pyridine rings is 1. The molecule has 2 heterocycles. The Bertz CT molecular complexity index is 3200. The zero-order valence-electron chi connectivity index (χ0n) is 29.7. The fourth-order valence-electron chi connectivity index (χ4n) is 4.59. The van der Waals surface area contributed by atoms with Crippen LogP contribution in [0.15, 0.2) is 107 Å². The van der Waals surface area contributed by atoms with Crippen molar-refractivity contribution in [3.63, 3.8) is 0 Å². The minimum atomic E-state index is -5.20. The van der Waals surface area contributed by atoms with Crippen molar-refractivity contribution in [3.05, 3.63) is 72.0 Å². The van der Waals surface area contributed by atoms with Crippen LogP contribution >= 0.6 is 11.6 Å². The zero-order chi connectivity index (χ0) is 45.1. The van der Waals surface area contributed by atoms with E-state index < -0.39 is 106 Å². The lowest BCUT2D eigenvalue weighted by Crippen LogP contribution is -2.16. The third-order valence-corrected chi connectivity index (χ3v) is 12.2. The number of rotatable bonds is 16. The highest BCUT2D eigenvalue weighted by Crippen LogP contribution is 2.36. The van der Waals surface area contributed by atoms with Gasteiger partial charge in [0.1, 0.15) is 32.5 Å². The molecule has 0 aliphatic rings. The van der Waals surface area contributed by atoms with Gasteiger partial charge < -0.3 is 22.1 Å². The molecule has 0 fully saturated rings. The minimum absolute atomic E-state index is 0.0285. The maximum atomic E-state index is 12.6. The van der Waals surface area contributed by atoms with Gasteiger partial charge in [-0.3, -0.25) is 18.2 Å². The molecule has 0 radical (unpaired) electrons. The summed E-state index contributed by atoms with van der Waals surface area (Å²) >= 11 is 6.04. The number of anilines is 6. The maximum Gasteiger partial charge on any atom is 0.397 e. The van der Waals surface area contributed by atoms with Crippen LogP contribution in [0, 0.1) is 0 Å². The van der Waals surface area contributed by atoms with Gasteiger partial charge in [-0.05, 0) is 66.2 Å². The Balaban J connectivity index is 1.44. The van der Waals surface area contributed by atoms with Gasteiger partial charge in [-0.25, -0.2) is 17.6 Å². The van der Waals surface area contributed by atoms with E-state index in [0.717, 1.165) is 42.5 Å². The van der Waals surface area contributed by atoms with E-state index in [1.807, 2.05) is 0 Å². The van der Waals surface area contributed by atoms with E-state index in [-0.39, 0.29) is 39.9 Å². The Morgan fingerprint density at radius 1 is 0.574 bits per heavy atom. The van der Waals surface area contributed by atoms with E-state index in [0.29, 0.717) is 6.07 Å². The Kier molecular flexibility index (Phi) is 13.3. The summed E-state index contributed by atoms with van der Waals surface area (Å²) in [4.78, 5) is 12.8. The Morgan fingerprint density at radius 3 is 1.69 bits per heavy atom. The normalized spacial score (nSPS) is 12.9. The van der Waals surface area contributed by atoms with Crippen molar-refractivity contribution in [2.75, 3.05) is 34.5 Å². The van der Waals surface area contributed by atoms with Crippen LogP contribution in [0.3, 0.4) is 0 Å². The minimum Gasteiger partial charge on any atom is -0.382 e. The summed E-state index contributed by atoms with van der Waals surface area (Å²) in [5, 5.41) is 20.2. The maximum absolute atomic E-state index is 12.6. The van der Waals surface area contributed by atoms with Gasteiger partial charge in [0.25, 0.3) is 30.4 Å². The van der Waals surface area contributed by atoms with Crippen molar-refractivity contribution in [1.29, 1.82) is 0 Å². The number of azo groups is 2. The van der Waals surface area contributed by atoms with Crippen molar-refractivity contribution in [2.24, 2.45) is 20.5 Å². The first-order valence-corrected chi connectivity index (χ1v) is 23.4. The largest absolute Gasteiger partial charge is 0.397 e. The van der Waals surface area contributed by atoms with Gasteiger partial charge in [0.15, 0.2) is 21.5 Å². The molecule has 0 spiro atoms. The van der Waals surface area contributed by atoms with E-state index in [1.54, 1.807) is 0 Å². The molecule has 0 aliphatic carbocycles. The highest BCUT2D eigenvalue weighted by Gasteiger charge is 2.24. The molecule has 0 amide bonds. The van der Waals surface area contributed by atoms with Gasteiger partial charge in [0, 0.05) is 17.4 Å². The monoisotopic (exact) mass is 964 g/mol. The number of sulfone groups is 1. The predicted octanol–water partition coefficient (Wildman–Crippen LogP) is 3.74. The molecule has 5 rings (SSSR count). The fraction of sp³-hybridized carbons (Fsp3) is 0.0714. The summed E-state index contributed by atoms with van der Waals surface area (Å²) in [5.41, 5.74) is 10.1. The Hall–Kier alpha value is -5.94. The summed E-state index contributed by atoms with van der Waals surface area (Å²) in [6, 6.07) is 11.3. The summed E-state index contributed by atoms with van der Waals surface area (Å²) in [7, 11) is -24.1. The lowest BCUT2D eigenvalue weighted by molar-refractivity contribution is 0.284. The number of nitrogens with zero attached hydrogens (tertiary/aromatic N) is 8. The van der Waals surface area contributed by atoms with Gasteiger partial charge in [0.05, 0.1) is 22.2 Å². The number of hydrogen-bond acceptors (Lipinski definition) is 23. The third kappa shape index (κ3) is 12.5. The number of nitrogen functional groups attached to an aromatic ring is 2. The van der Waals surface area contributed by atoms with Crippen molar-refractivity contribution in [3.8, 4) is 0 Å². The van der Waals surface area contributed by atoms with E-state index in [2.05, 4.69) is 55.2 Å². The van der Waals surface area contributed by atoms with Gasteiger partial charge in [-0.1, -0.05) is 6.07 Å². The molecule has 0 saturated heterocycles. The van der Waals surface area contributed by atoms with Crippen LogP contribution in [-0.4, -0.2) is 92.6 Å². The van der Waals surface area contributed by atoms with E-state index in [4.69, 9.17) is 27.6 Å². The SMILES string of the molecule is Nc1nc(N)c(/N=N/c2ccc(S(=O)(=O)CCOS(=O)(=O)O)cc2S(=O)(=O)O)cc1/N=N/c1cc(Nc2nc(Cl)nc(Nc3cccc(S(=O)(=O)O)c3)n2)ccc1S(=O)(=O)O. The number of nitrogens with two attached hydrogens (primary N) is 2. The molecule has 324 valence electrons. The first-order valence-electron chi connectivity index (χ1n) is 15.7. The molecule has 61 heavy (non-hydrogen) atoms.